The average Bonchev–Trinajstić information content (AvgIpc) is 2.62. The van der Waals surface area contributed by atoms with Crippen molar-refractivity contribution < 1.29 is 5.11 Å². The Morgan fingerprint density at radius 2 is 2.06 bits per heavy atom. The lowest BCUT2D eigenvalue weighted by molar-refractivity contribution is 0.476. The zero-order valence-corrected chi connectivity index (χ0v) is 12.4. The first-order chi connectivity index (χ1) is 8.47. The van der Waals surface area contributed by atoms with Crippen molar-refractivity contribution in [3.8, 4) is 17.0 Å². The van der Waals surface area contributed by atoms with Crippen molar-refractivity contribution in [1.29, 1.82) is 0 Å². The van der Waals surface area contributed by atoms with E-state index in [1.54, 1.807) is 12.1 Å². The van der Waals surface area contributed by atoms with Crippen molar-refractivity contribution in [2.75, 3.05) is 0 Å². The van der Waals surface area contributed by atoms with Crippen LogP contribution in [0.1, 0.15) is 18.7 Å². The van der Waals surface area contributed by atoms with Gasteiger partial charge in [-0.25, -0.2) is 4.98 Å². The molecule has 96 valence electrons. The topological polar surface area (TPSA) is 33.1 Å². The summed E-state index contributed by atoms with van der Waals surface area (Å²) in [7, 11) is 0. The van der Waals surface area contributed by atoms with Gasteiger partial charge in [0.05, 0.1) is 10.7 Å². The molecule has 1 N–H and O–H groups in total. The minimum atomic E-state index is 0.0637. The van der Waals surface area contributed by atoms with Crippen molar-refractivity contribution in [3.05, 3.63) is 32.6 Å². The van der Waals surface area contributed by atoms with E-state index in [4.69, 9.17) is 23.2 Å². The Labute approximate surface area is 120 Å². The second-order valence-electron chi connectivity index (χ2n) is 4.50. The zero-order valence-electron chi connectivity index (χ0n) is 10.1. The summed E-state index contributed by atoms with van der Waals surface area (Å²) in [6.07, 6.45) is 0.920. The Morgan fingerprint density at radius 1 is 1.33 bits per heavy atom. The molecule has 0 amide bonds. The molecule has 0 fully saturated rings. The number of nitrogens with zero attached hydrogens (tertiary/aromatic N) is 1. The SMILES string of the molecule is CC(C)Cc1sc(Cl)nc1-c1ccc(Cl)c(O)c1. The van der Waals surface area contributed by atoms with Gasteiger partial charge in [0.2, 0.25) is 0 Å². The van der Waals surface area contributed by atoms with E-state index in [0.717, 1.165) is 22.6 Å². The predicted octanol–water partition coefficient (Wildman–Crippen LogP) is 5.02. The molecule has 1 aromatic heterocycles. The molecule has 2 aromatic rings. The minimum Gasteiger partial charge on any atom is -0.506 e. The fraction of sp³-hybridized carbons (Fsp3) is 0.308. The Morgan fingerprint density at radius 3 is 2.67 bits per heavy atom. The molecule has 18 heavy (non-hydrogen) atoms. The fourth-order valence-corrected chi connectivity index (χ4v) is 3.22. The molecule has 2 rings (SSSR count). The third-order valence-electron chi connectivity index (χ3n) is 2.48. The van der Waals surface area contributed by atoms with Crippen LogP contribution in [0.4, 0.5) is 0 Å². The summed E-state index contributed by atoms with van der Waals surface area (Å²) in [4.78, 5) is 5.47. The van der Waals surface area contributed by atoms with Crippen LogP contribution in [-0.2, 0) is 6.42 Å². The lowest BCUT2D eigenvalue weighted by atomic mass is 10.0. The Balaban J connectivity index is 2.45. The number of phenolic OH excluding ortho intramolecular Hbond substituents is 1. The number of rotatable bonds is 3. The number of benzene rings is 1. The maximum atomic E-state index is 9.65. The van der Waals surface area contributed by atoms with E-state index in [2.05, 4.69) is 18.8 Å². The lowest BCUT2D eigenvalue weighted by Crippen LogP contribution is -1.93. The number of phenols is 1. The highest BCUT2D eigenvalue weighted by Gasteiger charge is 2.14. The third kappa shape index (κ3) is 2.97. The van der Waals surface area contributed by atoms with Gasteiger partial charge in [-0.05, 0) is 24.5 Å². The Hall–Kier alpha value is -0.770. The molecule has 1 aromatic carbocycles. The first kappa shape index (κ1) is 13.7. The molecule has 0 saturated carbocycles. The summed E-state index contributed by atoms with van der Waals surface area (Å²) in [5.41, 5.74) is 1.68. The number of thiazole rings is 1. The lowest BCUT2D eigenvalue weighted by Gasteiger charge is -2.06. The molecule has 1 heterocycles. The fourth-order valence-electron chi connectivity index (χ4n) is 1.72. The first-order valence-corrected chi connectivity index (χ1v) is 7.18. The molecular weight excluding hydrogens is 289 g/mol. The minimum absolute atomic E-state index is 0.0637. The molecule has 0 spiro atoms. The van der Waals surface area contributed by atoms with Crippen molar-refractivity contribution >= 4 is 34.5 Å². The van der Waals surface area contributed by atoms with Crippen LogP contribution in [0, 0.1) is 5.92 Å². The van der Waals surface area contributed by atoms with Crippen LogP contribution in [0.5, 0.6) is 5.75 Å². The molecule has 0 aliphatic carbocycles. The van der Waals surface area contributed by atoms with E-state index in [9.17, 15) is 5.11 Å². The first-order valence-electron chi connectivity index (χ1n) is 5.61. The standard InChI is InChI=1S/C13H13Cl2NOS/c1-7(2)5-11-12(16-13(15)18-11)8-3-4-9(14)10(17)6-8/h3-4,6-7,17H,5H2,1-2H3. The molecule has 0 saturated heterocycles. The summed E-state index contributed by atoms with van der Waals surface area (Å²) in [5.74, 6) is 0.593. The number of halogens is 2. The van der Waals surface area contributed by atoms with Crippen LogP contribution >= 0.6 is 34.5 Å². The second kappa shape index (κ2) is 5.47. The Kier molecular flexibility index (Phi) is 4.15. The highest BCUT2D eigenvalue weighted by molar-refractivity contribution is 7.16. The number of aromatic hydroxyl groups is 1. The molecular formula is C13H13Cl2NOS. The van der Waals surface area contributed by atoms with Crippen LogP contribution in [0.15, 0.2) is 18.2 Å². The van der Waals surface area contributed by atoms with Gasteiger partial charge in [0.15, 0.2) is 4.47 Å². The highest BCUT2D eigenvalue weighted by Crippen LogP contribution is 2.35. The molecule has 0 atom stereocenters. The van der Waals surface area contributed by atoms with Crippen molar-refractivity contribution in [1.82, 2.24) is 4.98 Å². The molecule has 5 heteroatoms. The van der Waals surface area contributed by atoms with E-state index in [0.29, 0.717) is 15.4 Å². The van der Waals surface area contributed by atoms with Crippen LogP contribution in [-0.4, -0.2) is 10.1 Å². The van der Waals surface area contributed by atoms with E-state index in [-0.39, 0.29) is 5.75 Å². The number of hydrogen-bond donors (Lipinski definition) is 1. The normalized spacial score (nSPS) is 11.2. The largest absolute Gasteiger partial charge is 0.506 e. The molecule has 0 bridgehead atoms. The van der Waals surface area contributed by atoms with E-state index >= 15 is 0 Å². The van der Waals surface area contributed by atoms with Gasteiger partial charge in [0, 0.05) is 10.4 Å². The van der Waals surface area contributed by atoms with Crippen molar-refractivity contribution in [2.45, 2.75) is 20.3 Å². The summed E-state index contributed by atoms with van der Waals surface area (Å²) >= 11 is 13.3. The van der Waals surface area contributed by atoms with Crippen molar-refractivity contribution in [3.63, 3.8) is 0 Å². The van der Waals surface area contributed by atoms with Gasteiger partial charge in [-0.2, -0.15) is 0 Å². The molecule has 2 nitrogen and oxygen atoms in total. The second-order valence-corrected chi connectivity index (χ2v) is 6.58. The maximum Gasteiger partial charge on any atom is 0.184 e. The van der Waals surface area contributed by atoms with Crippen molar-refractivity contribution in [2.24, 2.45) is 5.92 Å². The van der Waals surface area contributed by atoms with Gasteiger partial charge in [-0.1, -0.05) is 43.1 Å². The predicted molar refractivity (Wildman–Crippen MR) is 77.8 cm³/mol. The van der Waals surface area contributed by atoms with Gasteiger partial charge < -0.3 is 5.11 Å². The zero-order chi connectivity index (χ0) is 13.3. The van der Waals surface area contributed by atoms with Gasteiger partial charge in [0.1, 0.15) is 5.75 Å². The van der Waals surface area contributed by atoms with Gasteiger partial charge >= 0.3 is 0 Å². The van der Waals surface area contributed by atoms with Crippen LogP contribution in [0.25, 0.3) is 11.3 Å². The highest BCUT2D eigenvalue weighted by atomic mass is 35.5. The van der Waals surface area contributed by atoms with Gasteiger partial charge in [-0.15, -0.1) is 11.3 Å². The number of hydrogen-bond acceptors (Lipinski definition) is 3. The van der Waals surface area contributed by atoms with E-state index in [1.807, 2.05) is 6.07 Å². The average molecular weight is 302 g/mol. The summed E-state index contributed by atoms with van der Waals surface area (Å²) in [6.45, 7) is 4.30. The van der Waals surface area contributed by atoms with Gasteiger partial charge in [0.25, 0.3) is 0 Å². The van der Waals surface area contributed by atoms with E-state index < -0.39 is 0 Å². The van der Waals surface area contributed by atoms with Crippen LogP contribution < -0.4 is 0 Å². The quantitative estimate of drug-likeness (QED) is 0.863. The maximum absolute atomic E-state index is 9.65. The molecule has 0 unspecified atom stereocenters. The summed E-state index contributed by atoms with van der Waals surface area (Å²) in [6, 6.07) is 5.13. The van der Waals surface area contributed by atoms with Crippen LogP contribution in [0.2, 0.25) is 9.49 Å². The third-order valence-corrected chi connectivity index (χ3v) is 3.99. The summed E-state index contributed by atoms with van der Waals surface area (Å²) in [5, 5.41) is 9.99. The van der Waals surface area contributed by atoms with E-state index in [1.165, 1.54) is 11.3 Å². The Bertz CT molecular complexity index is 566. The summed E-state index contributed by atoms with van der Waals surface area (Å²) < 4.78 is 0.523. The smallest absolute Gasteiger partial charge is 0.184 e. The molecule has 0 radical (unpaired) electrons. The molecule has 0 aliphatic heterocycles. The van der Waals surface area contributed by atoms with Crippen LogP contribution in [0.3, 0.4) is 0 Å². The number of aromatic nitrogens is 1. The monoisotopic (exact) mass is 301 g/mol. The molecule has 0 aliphatic rings. The van der Waals surface area contributed by atoms with Gasteiger partial charge in [-0.3, -0.25) is 0 Å².